The number of anilines is 1. The van der Waals surface area contributed by atoms with Crippen molar-refractivity contribution in [3.05, 3.63) is 28.2 Å². The third-order valence-corrected chi connectivity index (χ3v) is 6.85. The molecule has 1 N–H and O–H groups in total. The number of benzene rings is 1. The van der Waals surface area contributed by atoms with E-state index in [9.17, 15) is 8.42 Å². The summed E-state index contributed by atoms with van der Waals surface area (Å²) in [5.74, 6) is 0.582. The molecule has 1 saturated carbocycles. The van der Waals surface area contributed by atoms with E-state index in [1.807, 2.05) is 7.05 Å². The first-order valence-electron chi connectivity index (χ1n) is 7.40. The van der Waals surface area contributed by atoms with Gasteiger partial charge in [0.15, 0.2) is 9.84 Å². The second-order valence-electron chi connectivity index (χ2n) is 6.10. The lowest BCUT2D eigenvalue weighted by atomic mass is 10.1. The fourth-order valence-corrected chi connectivity index (χ4v) is 5.01. The summed E-state index contributed by atoms with van der Waals surface area (Å²) < 4.78 is 24.3. The summed E-state index contributed by atoms with van der Waals surface area (Å²) in [6.07, 6.45) is 3.30. The molecule has 0 aromatic heterocycles. The van der Waals surface area contributed by atoms with Crippen molar-refractivity contribution in [3.63, 3.8) is 0 Å². The molecule has 6 heteroatoms. The predicted octanol–water partition coefficient (Wildman–Crippen LogP) is 2.32. The zero-order valence-corrected chi connectivity index (χ0v) is 14.6. The van der Waals surface area contributed by atoms with Gasteiger partial charge in [-0.1, -0.05) is 22.0 Å². The van der Waals surface area contributed by atoms with Crippen LogP contribution in [0.3, 0.4) is 0 Å². The average molecular weight is 373 g/mol. The maximum Gasteiger partial charge on any atom is 0.152 e. The number of nitrogens with zero attached hydrogens (tertiary/aromatic N) is 1. The normalized spacial score (nSPS) is 24.2. The molecule has 1 aromatic carbocycles. The Balaban J connectivity index is 1.68. The minimum atomic E-state index is -2.84. The number of halogens is 1. The highest BCUT2D eigenvalue weighted by Gasteiger charge is 2.31. The van der Waals surface area contributed by atoms with E-state index in [2.05, 4.69) is 44.3 Å². The Hall–Kier alpha value is -0.590. The Labute approximate surface area is 135 Å². The van der Waals surface area contributed by atoms with Crippen molar-refractivity contribution in [2.75, 3.05) is 23.5 Å². The fourth-order valence-electron chi connectivity index (χ4n) is 2.73. The van der Waals surface area contributed by atoms with Crippen molar-refractivity contribution in [1.29, 1.82) is 0 Å². The van der Waals surface area contributed by atoms with Gasteiger partial charge in [-0.3, -0.25) is 0 Å². The summed E-state index contributed by atoms with van der Waals surface area (Å²) in [4.78, 5) is 2.09. The summed E-state index contributed by atoms with van der Waals surface area (Å²) in [5, 5.41) is 3.51. The van der Waals surface area contributed by atoms with E-state index >= 15 is 0 Å². The summed E-state index contributed by atoms with van der Waals surface area (Å²) >= 11 is 3.63. The molecule has 1 atom stereocenters. The van der Waals surface area contributed by atoms with Gasteiger partial charge in [0, 0.05) is 35.8 Å². The van der Waals surface area contributed by atoms with Gasteiger partial charge >= 0.3 is 0 Å². The predicted molar refractivity (Wildman–Crippen MR) is 89.5 cm³/mol. The van der Waals surface area contributed by atoms with E-state index in [1.54, 1.807) is 0 Å². The van der Waals surface area contributed by atoms with Crippen LogP contribution in [0.4, 0.5) is 5.69 Å². The SMILES string of the molecule is CN(c1ccc(CNC2CC2)c(Br)c1)C1CCS(=O)(=O)C1. The number of rotatable bonds is 5. The van der Waals surface area contributed by atoms with Crippen molar-refractivity contribution in [2.24, 2.45) is 0 Å². The van der Waals surface area contributed by atoms with Crippen LogP contribution in [0.25, 0.3) is 0 Å². The Morgan fingerprint density at radius 1 is 1.33 bits per heavy atom. The zero-order chi connectivity index (χ0) is 15.0. The Morgan fingerprint density at radius 2 is 2.10 bits per heavy atom. The minimum absolute atomic E-state index is 0.0948. The van der Waals surface area contributed by atoms with Gasteiger partial charge in [0.2, 0.25) is 0 Å². The van der Waals surface area contributed by atoms with Gasteiger partial charge in [0.1, 0.15) is 0 Å². The molecule has 0 radical (unpaired) electrons. The monoisotopic (exact) mass is 372 g/mol. The third kappa shape index (κ3) is 3.79. The maximum absolute atomic E-state index is 11.6. The van der Waals surface area contributed by atoms with Gasteiger partial charge in [0.25, 0.3) is 0 Å². The molecule has 1 unspecified atom stereocenters. The number of hydrogen-bond donors (Lipinski definition) is 1. The molecule has 1 saturated heterocycles. The van der Waals surface area contributed by atoms with Crippen molar-refractivity contribution in [3.8, 4) is 0 Å². The molecule has 2 fully saturated rings. The van der Waals surface area contributed by atoms with E-state index < -0.39 is 9.84 Å². The lowest BCUT2D eigenvalue weighted by molar-refractivity contribution is 0.601. The van der Waals surface area contributed by atoms with Crippen molar-refractivity contribution in [2.45, 2.75) is 37.9 Å². The molecule has 1 heterocycles. The molecule has 1 aliphatic carbocycles. The largest absolute Gasteiger partial charge is 0.371 e. The van der Waals surface area contributed by atoms with E-state index in [4.69, 9.17) is 0 Å². The number of sulfone groups is 1. The molecule has 1 aromatic rings. The van der Waals surface area contributed by atoms with Gasteiger partial charge in [0.05, 0.1) is 11.5 Å². The van der Waals surface area contributed by atoms with Gasteiger partial charge in [-0.05, 0) is 37.0 Å². The first kappa shape index (κ1) is 15.3. The summed E-state index contributed by atoms with van der Waals surface area (Å²) in [6, 6.07) is 7.09. The quantitative estimate of drug-likeness (QED) is 0.861. The van der Waals surface area contributed by atoms with Gasteiger partial charge in [-0.25, -0.2) is 8.42 Å². The number of nitrogens with one attached hydrogen (secondary N) is 1. The minimum Gasteiger partial charge on any atom is -0.371 e. The molecule has 116 valence electrons. The maximum atomic E-state index is 11.6. The third-order valence-electron chi connectivity index (χ3n) is 4.36. The lowest BCUT2D eigenvalue weighted by Crippen LogP contribution is -2.32. The van der Waals surface area contributed by atoms with E-state index in [-0.39, 0.29) is 11.8 Å². The Kier molecular flexibility index (Phi) is 4.30. The second-order valence-corrected chi connectivity index (χ2v) is 9.18. The Morgan fingerprint density at radius 3 is 2.67 bits per heavy atom. The van der Waals surface area contributed by atoms with Gasteiger partial charge in [-0.15, -0.1) is 0 Å². The lowest BCUT2D eigenvalue weighted by Gasteiger charge is -2.26. The standard InChI is InChI=1S/C15H21BrN2O2S/c1-18(14-6-7-21(19,20)10-14)13-5-2-11(15(16)8-13)9-17-12-3-4-12/h2,5,8,12,14,17H,3-4,6-7,9-10H2,1H3. The molecule has 0 amide bonds. The highest BCUT2D eigenvalue weighted by molar-refractivity contribution is 9.10. The van der Waals surface area contributed by atoms with Gasteiger partial charge < -0.3 is 10.2 Å². The fraction of sp³-hybridized carbons (Fsp3) is 0.600. The van der Waals surface area contributed by atoms with Crippen molar-refractivity contribution in [1.82, 2.24) is 5.32 Å². The van der Waals surface area contributed by atoms with Crippen LogP contribution in [-0.2, 0) is 16.4 Å². The topological polar surface area (TPSA) is 49.4 Å². The molecular weight excluding hydrogens is 352 g/mol. The summed E-state index contributed by atoms with van der Waals surface area (Å²) in [7, 11) is -0.860. The van der Waals surface area contributed by atoms with Gasteiger partial charge in [-0.2, -0.15) is 0 Å². The van der Waals surface area contributed by atoms with Crippen LogP contribution in [0.5, 0.6) is 0 Å². The van der Waals surface area contributed by atoms with Crippen LogP contribution in [-0.4, -0.2) is 39.1 Å². The summed E-state index contributed by atoms with van der Waals surface area (Å²) in [6.45, 7) is 0.882. The molecule has 3 rings (SSSR count). The molecule has 4 nitrogen and oxygen atoms in total. The molecule has 0 spiro atoms. The molecule has 2 aliphatic rings. The molecule has 21 heavy (non-hydrogen) atoms. The van der Waals surface area contributed by atoms with E-state index in [0.717, 1.165) is 23.1 Å². The van der Waals surface area contributed by atoms with Crippen LogP contribution in [0, 0.1) is 0 Å². The summed E-state index contributed by atoms with van der Waals surface area (Å²) in [5.41, 5.74) is 2.32. The van der Waals surface area contributed by atoms with Crippen LogP contribution in [0.2, 0.25) is 0 Å². The highest BCUT2D eigenvalue weighted by Crippen LogP contribution is 2.28. The highest BCUT2D eigenvalue weighted by atomic mass is 79.9. The first-order chi connectivity index (χ1) is 9.94. The molecular formula is C15H21BrN2O2S. The van der Waals surface area contributed by atoms with Crippen LogP contribution in [0.15, 0.2) is 22.7 Å². The van der Waals surface area contributed by atoms with Crippen LogP contribution < -0.4 is 10.2 Å². The van der Waals surface area contributed by atoms with Crippen LogP contribution in [0.1, 0.15) is 24.8 Å². The van der Waals surface area contributed by atoms with Crippen molar-refractivity contribution >= 4 is 31.5 Å². The van der Waals surface area contributed by atoms with E-state index in [1.165, 1.54) is 18.4 Å². The second kappa shape index (κ2) is 5.89. The smallest absolute Gasteiger partial charge is 0.152 e. The first-order valence-corrected chi connectivity index (χ1v) is 10.0. The Bertz CT molecular complexity index is 629. The van der Waals surface area contributed by atoms with E-state index in [0.29, 0.717) is 11.8 Å². The molecule has 1 aliphatic heterocycles. The van der Waals surface area contributed by atoms with Crippen LogP contribution >= 0.6 is 15.9 Å². The molecule has 0 bridgehead atoms. The van der Waals surface area contributed by atoms with Crippen molar-refractivity contribution < 1.29 is 8.42 Å². The average Bonchev–Trinajstić information content (AvgIpc) is 3.19. The number of hydrogen-bond acceptors (Lipinski definition) is 4. The zero-order valence-electron chi connectivity index (χ0n) is 12.2.